The average molecular weight is 351 g/mol. The van der Waals surface area contributed by atoms with Gasteiger partial charge in [0, 0.05) is 24.9 Å². The molecule has 1 N–H and O–H groups in total. The third kappa shape index (κ3) is 4.42. The molecule has 0 saturated carbocycles. The van der Waals surface area contributed by atoms with Crippen molar-refractivity contribution in [3.63, 3.8) is 0 Å². The van der Waals surface area contributed by atoms with Crippen LogP contribution in [0.25, 0.3) is 0 Å². The van der Waals surface area contributed by atoms with Gasteiger partial charge in [0.2, 0.25) is 10.0 Å². The topological polar surface area (TPSA) is 78.8 Å². The molecule has 1 heterocycles. The summed E-state index contributed by atoms with van der Waals surface area (Å²) in [5, 5.41) is 3.97. The van der Waals surface area contributed by atoms with E-state index in [-0.39, 0.29) is 10.5 Å². The van der Waals surface area contributed by atoms with E-state index in [0.717, 1.165) is 25.7 Å². The molecule has 6 nitrogen and oxygen atoms in total. The molecule has 0 aliphatic carbocycles. The first kappa shape index (κ1) is 18.6. The molecule has 1 aliphatic heterocycles. The zero-order valence-electron chi connectivity index (χ0n) is 14.2. The van der Waals surface area contributed by atoms with E-state index in [0.29, 0.717) is 19.0 Å². The van der Waals surface area contributed by atoms with E-state index in [9.17, 15) is 13.2 Å². The van der Waals surface area contributed by atoms with Gasteiger partial charge in [0.15, 0.2) is 0 Å². The maximum absolute atomic E-state index is 12.6. The number of carbonyl (C=O) groups is 1. The second kappa shape index (κ2) is 8.39. The van der Waals surface area contributed by atoms with Crippen molar-refractivity contribution >= 4 is 22.1 Å². The quantitative estimate of drug-likeness (QED) is 0.606. The Morgan fingerprint density at radius 3 is 2.58 bits per heavy atom. The zero-order chi connectivity index (χ0) is 17.6. The molecule has 1 saturated heterocycles. The minimum atomic E-state index is -3.52. The van der Waals surface area contributed by atoms with Crippen molar-refractivity contribution in [1.29, 1.82) is 0 Å². The van der Waals surface area contributed by atoms with Gasteiger partial charge in [-0.15, -0.1) is 0 Å². The number of benzene rings is 1. The van der Waals surface area contributed by atoms with Gasteiger partial charge in [-0.3, -0.25) is 4.79 Å². The van der Waals surface area contributed by atoms with Crippen molar-refractivity contribution in [2.75, 3.05) is 13.1 Å². The number of amides is 1. The highest BCUT2D eigenvalue weighted by Gasteiger charge is 2.27. The van der Waals surface area contributed by atoms with Crippen LogP contribution in [0.3, 0.4) is 0 Å². The smallest absolute Gasteiger partial charge is 0.267 e. The Bertz CT molecular complexity index is 691. The minimum Gasteiger partial charge on any atom is -0.267 e. The van der Waals surface area contributed by atoms with Gasteiger partial charge in [0.1, 0.15) is 0 Å². The van der Waals surface area contributed by atoms with Crippen LogP contribution in [0.2, 0.25) is 0 Å². The molecule has 0 atom stereocenters. The van der Waals surface area contributed by atoms with Crippen LogP contribution < -0.4 is 5.43 Å². The summed E-state index contributed by atoms with van der Waals surface area (Å²) in [4.78, 5) is 12.3. The molecule has 0 spiro atoms. The van der Waals surface area contributed by atoms with Gasteiger partial charge in [-0.25, -0.2) is 13.8 Å². The molecule has 0 aromatic heterocycles. The Morgan fingerprint density at radius 2 is 1.96 bits per heavy atom. The SMILES string of the molecule is CCC(/C=N/NC(=O)c1cccc(S(=O)(=O)N2CCCC2)c1)CC. The average Bonchev–Trinajstić information content (AvgIpc) is 3.14. The number of hydrogen-bond donors (Lipinski definition) is 1. The Labute approximate surface area is 144 Å². The van der Waals surface area contributed by atoms with Crippen molar-refractivity contribution in [3.8, 4) is 0 Å². The van der Waals surface area contributed by atoms with Crippen LogP contribution in [0.5, 0.6) is 0 Å². The summed E-state index contributed by atoms with van der Waals surface area (Å²) < 4.78 is 26.6. The maximum Gasteiger partial charge on any atom is 0.271 e. The summed E-state index contributed by atoms with van der Waals surface area (Å²) in [6.45, 7) is 5.21. The third-order valence-electron chi connectivity index (χ3n) is 4.30. The van der Waals surface area contributed by atoms with E-state index in [2.05, 4.69) is 24.4 Å². The van der Waals surface area contributed by atoms with E-state index in [4.69, 9.17) is 0 Å². The largest absolute Gasteiger partial charge is 0.271 e. The number of nitrogens with zero attached hydrogens (tertiary/aromatic N) is 2. The second-order valence-electron chi connectivity index (χ2n) is 5.93. The Kier molecular flexibility index (Phi) is 6.51. The fourth-order valence-electron chi connectivity index (χ4n) is 2.64. The van der Waals surface area contributed by atoms with Crippen LogP contribution in [-0.4, -0.2) is 37.9 Å². The highest BCUT2D eigenvalue weighted by Crippen LogP contribution is 2.21. The number of carbonyl (C=O) groups excluding carboxylic acids is 1. The molecule has 1 aliphatic rings. The Hall–Kier alpha value is -1.73. The summed E-state index contributed by atoms with van der Waals surface area (Å²) >= 11 is 0. The predicted molar refractivity (Wildman–Crippen MR) is 94.5 cm³/mol. The highest BCUT2D eigenvalue weighted by atomic mass is 32.2. The maximum atomic E-state index is 12.6. The van der Waals surface area contributed by atoms with E-state index >= 15 is 0 Å². The monoisotopic (exact) mass is 351 g/mol. The van der Waals surface area contributed by atoms with E-state index in [1.807, 2.05) is 0 Å². The lowest BCUT2D eigenvalue weighted by Crippen LogP contribution is -2.28. The van der Waals surface area contributed by atoms with Gasteiger partial charge < -0.3 is 0 Å². The molecule has 1 amide bonds. The molecule has 0 unspecified atom stereocenters. The molecule has 132 valence electrons. The van der Waals surface area contributed by atoms with Crippen LogP contribution in [0.15, 0.2) is 34.3 Å². The minimum absolute atomic E-state index is 0.154. The van der Waals surface area contributed by atoms with Gasteiger partial charge in [-0.2, -0.15) is 9.41 Å². The Morgan fingerprint density at radius 1 is 1.29 bits per heavy atom. The van der Waals surface area contributed by atoms with Crippen LogP contribution in [0.1, 0.15) is 49.9 Å². The van der Waals surface area contributed by atoms with Gasteiger partial charge in [-0.1, -0.05) is 19.9 Å². The van der Waals surface area contributed by atoms with Crippen LogP contribution >= 0.6 is 0 Å². The van der Waals surface area contributed by atoms with E-state index < -0.39 is 15.9 Å². The van der Waals surface area contributed by atoms with Crippen molar-refractivity contribution in [2.45, 2.75) is 44.4 Å². The summed E-state index contributed by atoms with van der Waals surface area (Å²) in [5.41, 5.74) is 2.76. The van der Waals surface area contributed by atoms with Crippen LogP contribution in [0, 0.1) is 5.92 Å². The molecule has 24 heavy (non-hydrogen) atoms. The van der Waals surface area contributed by atoms with Gasteiger partial charge in [0.25, 0.3) is 5.91 Å². The molecule has 2 rings (SSSR count). The predicted octanol–water partition coefficient (Wildman–Crippen LogP) is 2.62. The first-order valence-corrected chi connectivity index (χ1v) is 9.86. The molecule has 1 fully saturated rings. The van der Waals surface area contributed by atoms with E-state index in [1.54, 1.807) is 18.3 Å². The molecule has 1 aromatic carbocycles. The van der Waals surface area contributed by atoms with Crippen molar-refractivity contribution in [3.05, 3.63) is 29.8 Å². The van der Waals surface area contributed by atoms with Crippen molar-refractivity contribution < 1.29 is 13.2 Å². The summed E-state index contributed by atoms with van der Waals surface area (Å²) in [7, 11) is -3.52. The first-order chi connectivity index (χ1) is 11.5. The lowest BCUT2D eigenvalue weighted by atomic mass is 10.1. The van der Waals surface area contributed by atoms with Crippen LogP contribution in [-0.2, 0) is 10.0 Å². The fraction of sp³-hybridized carbons (Fsp3) is 0.529. The molecule has 0 bridgehead atoms. The second-order valence-corrected chi connectivity index (χ2v) is 7.87. The van der Waals surface area contributed by atoms with Crippen molar-refractivity contribution in [1.82, 2.24) is 9.73 Å². The molecule has 1 aromatic rings. The number of hydrogen-bond acceptors (Lipinski definition) is 4. The van der Waals surface area contributed by atoms with Gasteiger partial charge in [-0.05, 0) is 49.8 Å². The molecular formula is C17H25N3O3S. The van der Waals surface area contributed by atoms with Crippen molar-refractivity contribution in [2.24, 2.45) is 11.0 Å². The highest BCUT2D eigenvalue weighted by molar-refractivity contribution is 7.89. The van der Waals surface area contributed by atoms with E-state index in [1.165, 1.54) is 16.4 Å². The number of nitrogens with one attached hydrogen (secondary N) is 1. The number of rotatable bonds is 7. The fourth-order valence-corrected chi connectivity index (χ4v) is 4.20. The third-order valence-corrected chi connectivity index (χ3v) is 6.19. The summed E-state index contributed by atoms with van der Waals surface area (Å²) in [5.74, 6) is -0.0807. The lowest BCUT2D eigenvalue weighted by Gasteiger charge is -2.15. The molecule has 7 heteroatoms. The first-order valence-electron chi connectivity index (χ1n) is 8.42. The van der Waals surface area contributed by atoms with Gasteiger partial charge >= 0.3 is 0 Å². The van der Waals surface area contributed by atoms with Crippen LogP contribution in [0.4, 0.5) is 0 Å². The standard InChI is InChI=1S/C17H25N3O3S/c1-3-14(4-2)13-18-19-17(21)15-8-7-9-16(12-15)24(22,23)20-10-5-6-11-20/h7-9,12-14H,3-6,10-11H2,1-2H3,(H,19,21)/b18-13+. The summed E-state index contributed by atoms with van der Waals surface area (Å²) in [6, 6.07) is 6.11. The summed E-state index contributed by atoms with van der Waals surface area (Å²) in [6.07, 6.45) is 5.40. The molecule has 0 radical (unpaired) electrons. The number of sulfonamides is 1. The molecular weight excluding hydrogens is 326 g/mol. The number of hydrazone groups is 1. The van der Waals surface area contributed by atoms with Gasteiger partial charge in [0.05, 0.1) is 4.90 Å². The lowest BCUT2D eigenvalue weighted by molar-refractivity contribution is 0.0954. The zero-order valence-corrected chi connectivity index (χ0v) is 15.1. The Balaban J connectivity index is 2.11. The normalized spacial score (nSPS) is 16.1.